The first-order chi connectivity index (χ1) is 10.7. The minimum Gasteiger partial charge on any atom is -0.465 e. The smallest absolute Gasteiger partial charge is 0.338 e. The molecule has 0 aliphatic carbocycles. The third-order valence-electron chi connectivity index (χ3n) is 3.58. The fraction of sp³-hybridized carbons (Fsp3) is 0.111. The van der Waals surface area contributed by atoms with Gasteiger partial charge in [-0.25, -0.2) is 4.79 Å². The van der Waals surface area contributed by atoms with Crippen LogP contribution in [0.2, 0.25) is 0 Å². The Morgan fingerprint density at radius 1 is 1.14 bits per heavy atom. The maximum absolute atomic E-state index is 11.8. The molecule has 0 radical (unpaired) electrons. The number of methoxy groups -OCH3 is 1. The summed E-state index contributed by atoms with van der Waals surface area (Å²) in [6, 6.07) is 15.8. The minimum atomic E-state index is -0.326. The number of alkyl halides is 1. The van der Waals surface area contributed by atoms with Crippen molar-refractivity contribution in [3.8, 4) is 11.3 Å². The summed E-state index contributed by atoms with van der Waals surface area (Å²) in [6.45, 7) is 0. The Hall–Kier alpha value is -2.20. The van der Waals surface area contributed by atoms with E-state index in [1.165, 1.54) is 7.11 Å². The van der Waals surface area contributed by atoms with E-state index in [0.717, 1.165) is 27.6 Å². The lowest BCUT2D eigenvalue weighted by Gasteiger charge is -2.09. The molecular formula is C18H14BrNO2. The van der Waals surface area contributed by atoms with Gasteiger partial charge in [-0.05, 0) is 29.1 Å². The molecule has 4 heteroatoms. The number of aromatic nitrogens is 1. The Morgan fingerprint density at radius 3 is 2.64 bits per heavy atom. The number of carbonyl (C=O) groups excluding carboxylic acids is 1. The van der Waals surface area contributed by atoms with Gasteiger partial charge in [0.1, 0.15) is 0 Å². The van der Waals surface area contributed by atoms with Crippen LogP contribution >= 0.6 is 15.9 Å². The lowest BCUT2D eigenvalue weighted by molar-refractivity contribution is 0.0600. The second-order valence-electron chi connectivity index (χ2n) is 4.91. The monoisotopic (exact) mass is 355 g/mol. The number of benzene rings is 2. The third-order valence-corrected chi connectivity index (χ3v) is 4.19. The predicted molar refractivity (Wildman–Crippen MR) is 91.1 cm³/mol. The van der Waals surface area contributed by atoms with E-state index in [2.05, 4.69) is 33.0 Å². The van der Waals surface area contributed by atoms with Gasteiger partial charge in [0, 0.05) is 22.5 Å². The number of ether oxygens (including phenoxy) is 1. The summed E-state index contributed by atoms with van der Waals surface area (Å²) < 4.78 is 4.81. The first kappa shape index (κ1) is 14.7. The zero-order valence-corrected chi connectivity index (χ0v) is 13.6. The van der Waals surface area contributed by atoms with E-state index in [1.807, 2.05) is 36.5 Å². The van der Waals surface area contributed by atoms with Crippen molar-refractivity contribution in [3.63, 3.8) is 0 Å². The van der Waals surface area contributed by atoms with Crippen LogP contribution in [0.4, 0.5) is 0 Å². The zero-order valence-electron chi connectivity index (χ0n) is 12.0. The summed E-state index contributed by atoms with van der Waals surface area (Å²) >= 11 is 3.42. The Bertz CT molecular complexity index is 845. The summed E-state index contributed by atoms with van der Waals surface area (Å²) in [5.74, 6) is -0.326. The number of pyridine rings is 1. The number of nitrogens with zero attached hydrogens (tertiary/aromatic N) is 1. The van der Waals surface area contributed by atoms with Gasteiger partial charge in [-0.2, -0.15) is 0 Å². The molecule has 2 aromatic carbocycles. The average Bonchev–Trinajstić information content (AvgIpc) is 2.60. The van der Waals surface area contributed by atoms with E-state index < -0.39 is 0 Å². The Labute approximate surface area is 137 Å². The number of rotatable bonds is 3. The third kappa shape index (κ3) is 2.74. The first-order valence-corrected chi connectivity index (χ1v) is 7.97. The molecule has 3 aromatic rings. The van der Waals surface area contributed by atoms with Gasteiger partial charge in [0.2, 0.25) is 0 Å². The number of esters is 1. The Morgan fingerprint density at radius 2 is 1.91 bits per heavy atom. The second-order valence-corrected chi connectivity index (χ2v) is 5.47. The quantitative estimate of drug-likeness (QED) is 0.509. The molecule has 0 N–H and O–H groups in total. The molecule has 110 valence electrons. The SMILES string of the molecule is COC(=O)c1ccc(-c2cc3ccccc3cn2)cc1CBr. The molecule has 1 heterocycles. The summed E-state index contributed by atoms with van der Waals surface area (Å²) in [5, 5.41) is 2.84. The lowest BCUT2D eigenvalue weighted by Crippen LogP contribution is -2.05. The highest BCUT2D eigenvalue weighted by atomic mass is 79.9. The summed E-state index contributed by atoms with van der Waals surface area (Å²) in [4.78, 5) is 16.3. The van der Waals surface area contributed by atoms with Gasteiger partial charge < -0.3 is 4.74 Å². The van der Waals surface area contributed by atoms with Crippen LogP contribution in [0.5, 0.6) is 0 Å². The molecule has 0 spiro atoms. The van der Waals surface area contributed by atoms with Gasteiger partial charge in [-0.15, -0.1) is 0 Å². The number of halogens is 1. The van der Waals surface area contributed by atoms with Crippen LogP contribution < -0.4 is 0 Å². The van der Waals surface area contributed by atoms with Gasteiger partial charge in [0.05, 0.1) is 18.4 Å². The lowest BCUT2D eigenvalue weighted by atomic mass is 10.0. The van der Waals surface area contributed by atoms with Crippen molar-refractivity contribution in [1.29, 1.82) is 0 Å². The van der Waals surface area contributed by atoms with Crippen LogP contribution in [-0.4, -0.2) is 18.1 Å². The maximum atomic E-state index is 11.8. The highest BCUT2D eigenvalue weighted by molar-refractivity contribution is 9.08. The molecule has 22 heavy (non-hydrogen) atoms. The standard InChI is InChI=1S/C18H14BrNO2/c1-22-18(21)16-7-6-13(8-15(16)10-19)17-9-12-4-2-3-5-14(12)11-20-17/h2-9,11H,10H2,1H3. The van der Waals surface area contributed by atoms with Gasteiger partial charge in [0.15, 0.2) is 0 Å². The second kappa shape index (κ2) is 6.28. The van der Waals surface area contributed by atoms with Crippen molar-refractivity contribution in [2.45, 2.75) is 5.33 Å². The van der Waals surface area contributed by atoms with Crippen molar-refractivity contribution in [1.82, 2.24) is 4.98 Å². The van der Waals surface area contributed by atoms with Crippen LogP contribution in [0.25, 0.3) is 22.0 Å². The van der Waals surface area contributed by atoms with Crippen molar-refractivity contribution < 1.29 is 9.53 Å². The number of fused-ring (bicyclic) bond motifs is 1. The van der Waals surface area contributed by atoms with Gasteiger partial charge in [0.25, 0.3) is 0 Å². The van der Waals surface area contributed by atoms with Crippen molar-refractivity contribution >= 4 is 32.7 Å². The van der Waals surface area contributed by atoms with E-state index in [-0.39, 0.29) is 5.97 Å². The molecule has 0 aliphatic heterocycles. The van der Waals surface area contributed by atoms with E-state index >= 15 is 0 Å². The topological polar surface area (TPSA) is 39.2 Å². The largest absolute Gasteiger partial charge is 0.465 e. The predicted octanol–water partition coefficient (Wildman–Crippen LogP) is 4.58. The molecule has 0 unspecified atom stereocenters. The molecule has 0 saturated carbocycles. The Kier molecular flexibility index (Phi) is 4.20. The molecule has 0 saturated heterocycles. The molecule has 0 bridgehead atoms. The number of hydrogen-bond acceptors (Lipinski definition) is 3. The van der Waals surface area contributed by atoms with E-state index in [4.69, 9.17) is 4.74 Å². The fourth-order valence-electron chi connectivity index (χ4n) is 2.41. The van der Waals surface area contributed by atoms with Crippen molar-refractivity contribution in [2.75, 3.05) is 7.11 Å². The molecule has 0 aliphatic rings. The van der Waals surface area contributed by atoms with Crippen molar-refractivity contribution in [2.24, 2.45) is 0 Å². The first-order valence-electron chi connectivity index (χ1n) is 6.85. The van der Waals surface area contributed by atoms with E-state index in [1.54, 1.807) is 6.07 Å². The molecule has 0 amide bonds. The van der Waals surface area contributed by atoms with Crippen molar-refractivity contribution in [3.05, 3.63) is 65.9 Å². The summed E-state index contributed by atoms with van der Waals surface area (Å²) in [7, 11) is 1.39. The van der Waals surface area contributed by atoms with Crippen LogP contribution in [-0.2, 0) is 10.1 Å². The highest BCUT2D eigenvalue weighted by Gasteiger charge is 2.12. The van der Waals surface area contributed by atoms with Gasteiger partial charge in [-0.3, -0.25) is 4.98 Å². The highest BCUT2D eigenvalue weighted by Crippen LogP contribution is 2.25. The molecule has 3 nitrogen and oxygen atoms in total. The molecule has 0 atom stereocenters. The molecule has 3 rings (SSSR count). The van der Waals surface area contributed by atoms with Crippen LogP contribution in [0.15, 0.2) is 54.7 Å². The molecule has 0 fully saturated rings. The number of hydrogen-bond donors (Lipinski definition) is 0. The van der Waals surface area contributed by atoms with Crippen LogP contribution in [0, 0.1) is 0 Å². The van der Waals surface area contributed by atoms with Gasteiger partial charge >= 0.3 is 5.97 Å². The minimum absolute atomic E-state index is 0.326. The number of carbonyl (C=O) groups is 1. The maximum Gasteiger partial charge on any atom is 0.338 e. The van der Waals surface area contributed by atoms with Crippen LogP contribution in [0.3, 0.4) is 0 Å². The van der Waals surface area contributed by atoms with E-state index in [0.29, 0.717) is 10.9 Å². The summed E-state index contributed by atoms with van der Waals surface area (Å²) in [5.41, 5.74) is 3.33. The zero-order chi connectivity index (χ0) is 15.5. The molecular weight excluding hydrogens is 342 g/mol. The van der Waals surface area contributed by atoms with E-state index in [9.17, 15) is 4.79 Å². The average molecular weight is 356 g/mol. The van der Waals surface area contributed by atoms with Gasteiger partial charge in [-0.1, -0.05) is 46.3 Å². The fourth-order valence-corrected chi connectivity index (χ4v) is 2.88. The Balaban J connectivity index is 2.08. The van der Waals surface area contributed by atoms with Crippen LogP contribution in [0.1, 0.15) is 15.9 Å². The molecule has 1 aromatic heterocycles. The normalized spacial score (nSPS) is 10.6. The summed E-state index contributed by atoms with van der Waals surface area (Å²) in [6.07, 6.45) is 1.87.